The third-order valence-corrected chi connectivity index (χ3v) is 6.97. The average Bonchev–Trinajstić information content (AvgIpc) is 3.60. The molecule has 6 rings (SSSR count). The molecule has 5 heterocycles. The Balaban J connectivity index is 1.21. The molecule has 1 amide bonds. The standard InChI is InChI=1S/C28H25N9O2/c1-34-17-22(14-32-34)20-10-23(28-21(12-29)13-33-37(28)18-20)24-15-31-26(16-30-24)35-6-8-36(9-7-35)27(39)11-19-4-2-3-5-25(19)38/h2-5,10,13-18,38H,6-9,11H2,1H3. The van der Waals surface area contributed by atoms with Crippen LogP contribution in [0, 0.1) is 11.3 Å². The second-order valence-electron chi connectivity index (χ2n) is 9.44. The first-order chi connectivity index (χ1) is 19.0. The molecule has 1 aromatic carbocycles. The van der Waals surface area contributed by atoms with E-state index in [9.17, 15) is 15.2 Å². The highest BCUT2D eigenvalue weighted by molar-refractivity contribution is 5.86. The quantitative estimate of drug-likeness (QED) is 0.375. The Kier molecular flexibility index (Phi) is 6.13. The number of piperazine rings is 1. The van der Waals surface area contributed by atoms with Crippen LogP contribution in [0.2, 0.25) is 0 Å². The minimum atomic E-state index is -0.01000. The molecule has 1 fully saturated rings. The van der Waals surface area contributed by atoms with E-state index in [0.717, 1.165) is 22.5 Å². The minimum absolute atomic E-state index is 0.01000. The van der Waals surface area contributed by atoms with Crippen molar-refractivity contribution in [1.29, 1.82) is 5.26 Å². The molecule has 0 bridgehead atoms. The van der Waals surface area contributed by atoms with Crippen LogP contribution in [0.15, 0.2) is 67.5 Å². The van der Waals surface area contributed by atoms with Crippen molar-refractivity contribution in [3.8, 4) is 34.2 Å². The predicted octanol–water partition coefficient (Wildman–Crippen LogP) is 2.66. The molecule has 1 aliphatic heterocycles. The molecule has 0 atom stereocenters. The number of carbonyl (C=O) groups is 1. The molecule has 39 heavy (non-hydrogen) atoms. The van der Waals surface area contributed by atoms with Crippen LogP contribution in [0.1, 0.15) is 11.1 Å². The van der Waals surface area contributed by atoms with E-state index in [1.807, 2.05) is 36.5 Å². The van der Waals surface area contributed by atoms with Gasteiger partial charge in [0.25, 0.3) is 0 Å². The molecular weight excluding hydrogens is 494 g/mol. The van der Waals surface area contributed by atoms with Gasteiger partial charge in [-0.05, 0) is 12.1 Å². The van der Waals surface area contributed by atoms with Crippen molar-refractivity contribution in [2.75, 3.05) is 31.1 Å². The van der Waals surface area contributed by atoms with E-state index in [1.165, 1.54) is 0 Å². The summed E-state index contributed by atoms with van der Waals surface area (Å²) in [5.41, 5.74) is 4.96. The number of aromatic hydroxyl groups is 1. The van der Waals surface area contributed by atoms with E-state index in [2.05, 4.69) is 26.2 Å². The Bertz CT molecular complexity index is 1710. The molecule has 0 spiro atoms. The predicted molar refractivity (Wildman–Crippen MR) is 144 cm³/mol. The summed E-state index contributed by atoms with van der Waals surface area (Å²) in [5.74, 6) is 0.852. The summed E-state index contributed by atoms with van der Waals surface area (Å²) >= 11 is 0. The second-order valence-corrected chi connectivity index (χ2v) is 9.44. The van der Waals surface area contributed by atoms with Gasteiger partial charge in [0.05, 0.1) is 48.0 Å². The van der Waals surface area contributed by atoms with Crippen LogP contribution in [0.5, 0.6) is 5.75 Å². The van der Waals surface area contributed by atoms with E-state index in [-0.39, 0.29) is 18.1 Å². The number of para-hydroxylation sites is 1. The molecule has 11 nitrogen and oxygen atoms in total. The number of nitrogens with zero attached hydrogens (tertiary/aromatic N) is 9. The summed E-state index contributed by atoms with van der Waals surface area (Å²) < 4.78 is 3.42. The fourth-order valence-electron chi connectivity index (χ4n) is 4.87. The van der Waals surface area contributed by atoms with Crippen molar-refractivity contribution >= 4 is 17.2 Å². The first kappa shape index (κ1) is 24.1. The first-order valence-corrected chi connectivity index (χ1v) is 12.5. The summed E-state index contributed by atoms with van der Waals surface area (Å²) in [7, 11) is 1.86. The smallest absolute Gasteiger partial charge is 0.227 e. The van der Waals surface area contributed by atoms with Gasteiger partial charge in [-0.3, -0.25) is 14.5 Å². The molecule has 0 unspecified atom stereocenters. The van der Waals surface area contributed by atoms with Crippen molar-refractivity contribution < 1.29 is 9.90 Å². The van der Waals surface area contributed by atoms with Crippen molar-refractivity contribution in [2.45, 2.75) is 6.42 Å². The number of hydrogen-bond donors (Lipinski definition) is 1. The molecule has 194 valence electrons. The van der Waals surface area contributed by atoms with Gasteiger partial charge in [0.2, 0.25) is 5.91 Å². The lowest BCUT2D eigenvalue weighted by atomic mass is 10.0. The van der Waals surface area contributed by atoms with Crippen LogP contribution in [-0.4, -0.2) is 71.5 Å². The van der Waals surface area contributed by atoms with Crippen molar-refractivity contribution in [3.63, 3.8) is 0 Å². The largest absolute Gasteiger partial charge is 0.508 e. The minimum Gasteiger partial charge on any atom is -0.508 e. The Morgan fingerprint density at radius 1 is 1.00 bits per heavy atom. The lowest BCUT2D eigenvalue weighted by molar-refractivity contribution is -0.130. The summed E-state index contributed by atoms with van der Waals surface area (Å²) in [6, 6.07) is 11.1. The third kappa shape index (κ3) is 4.64. The summed E-state index contributed by atoms with van der Waals surface area (Å²) in [6.07, 6.45) is 10.7. The summed E-state index contributed by atoms with van der Waals surface area (Å²) in [4.78, 5) is 26.1. The first-order valence-electron chi connectivity index (χ1n) is 12.5. The zero-order valence-corrected chi connectivity index (χ0v) is 21.3. The number of aromatic nitrogens is 6. The van der Waals surface area contributed by atoms with Gasteiger partial charge in [-0.2, -0.15) is 15.5 Å². The molecule has 0 saturated carbocycles. The number of phenols is 1. The Morgan fingerprint density at radius 2 is 1.82 bits per heavy atom. The van der Waals surface area contributed by atoms with Crippen LogP contribution in [-0.2, 0) is 18.3 Å². The van der Waals surface area contributed by atoms with Crippen LogP contribution in [0.4, 0.5) is 5.82 Å². The number of fused-ring (bicyclic) bond motifs is 1. The number of nitriles is 1. The maximum atomic E-state index is 12.8. The number of aryl methyl sites for hydroxylation is 1. The molecule has 1 N–H and O–H groups in total. The van der Waals surface area contributed by atoms with Gasteiger partial charge in [-0.15, -0.1) is 0 Å². The maximum Gasteiger partial charge on any atom is 0.227 e. The second kappa shape index (κ2) is 9.90. The van der Waals surface area contributed by atoms with Gasteiger partial charge in [0, 0.05) is 67.9 Å². The number of amides is 1. The zero-order valence-electron chi connectivity index (χ0n) is 21.3. The molecule has 11 heteroatoms. The van der Waals surface area contributed by atoms with Gasteiger partial charge in [0.15, 0.2) is 0 Å². The van der Waals surface area contributed by atoms with Crippen LogP contribution >= 0.6 is 0 Å². The number of phenolic OH excluding ortho intramolecular Hbond substituents is 1. The lowest BCUT2D eigenvalue weighted by Gasteiger charge is -2.35. The van der Waals surface area contributed by atoms with Crippen LogP contribution in [0.25, 0.3) is 27.9 Å². The third-order valence-electron chi connectivity index (χ3n) is 6.97. The number of rotatable bonds is 5. The summed E-state index contributed by atoms with van der Waals surface area (Å²) in [5, 5.41) is 28.3. The number of carbonyl (C=O) groups excluding carboxylic acids is 1. The van der Waals surface area contributed by atoms with E-state index in [4.69, 9.17) is 4.98 Å². The molecular formula is C28H25N9O2. The number of anilines is 1. The van der Waals surface area contributed by atoms with Crippen molar-refractivity contribution in [2.24, 2.45) is 7.05 Å². The Hall–Kier alpha value is -5.24. The molecule has 0 aliphatic carbocycles. The normalized spacial score (nSPS) is 13.5. The van der Waals surface area contributed by atoms with Crippen LogP contribution < -0.4 is 4.90 Å². The van der Waals surface area contributed by atoms with Crippen LogP contribution in [0.3, 0.4) is 0 Å². The average molecular weight is 520 g/mol. The lowest BCUT2D eigenvalue weighted by Crippen LogP contribution is -2.49. The fraction of sp³-hybridized carbons (Fsp3) is 0.214. The van der Waals surface area contributed by atoms with E-state index < -0.39 is 0 Å². The van der Waals surface area contributed by atoms with Gasteiger partial charge in [0.1, 0.15) is 17.6 Å². The van der Waals surface area contributed by atoms with Crippen molar-refractivity contribution in [3.05, 3.63) is 78.6 Å². The number of pyridine rings is 1. The fourth-order valence-corrected chi connectivity index (χ4v) is 4.87. The summed E-state index contributed by atoms with van der Waals surface area (Å²) in [6.45, 7) is 2.38. The van der Waals surface area contributed by atoms with Gasteiger partial charge in [-0.1, -0.05) is 18.2 Å². The van der Waals surface area contributed by atoms with Crippen molar-refractivity contribution in [1.82, 2.24) is 34.3 Å². The SMILES string of the molecule is Cn1cc(-c2cc(-c3cnc(N4CCN(C(=O)Cc5ccccc5O)CC4)cn3)c3c(C#N)cnn3c2)cn1. The van der Waals surface area contributed by atoms with Gasteiger partial charge in [-0.25, -0.2) is 9.50 Å². The zero-order chi connectivity index (χ0) is 26.9. The van der Waals surface area contributed by atoms with Gasteiger partial charge >= 0.3 is 0 Å². The number of hydrogen-bond acceptors (Lipinski definition) is 8. The van der Waals surface area contributed by atoms with E-state index in [1.54, 1.807) is 52.2 Å². The monoisotopic (exact) mass is 519 g/mol. The molecule has 1 saturated heterocycles. The van der Waals surface area contributed by atoms with E-state index >= 15 is 0 Å². The maximum absolute atomic E-state index is 12.8. The Morgan fingerprint density at radius 3 is 2.51 bits per heavy atom. The Labute approximate surface area is 224 Å². The number of benzene rings is 1. The highest BCUT2D eigenvalue weighted by Gasteiger charge is 2.23. The highest BCUT2D eigenvalue weighted by atomic mass is 16.3. The van der Waals surface area contributed by atoms with Gasteiger partial charge < -0.3 is 14.9 Å². The topological polar surface area (TPSA) is 128 Å². The molecule has 4 aromatic heterocycles. The van der Waals surface area contributed by atoms with E-state index in [0.29, 0.717) is 48.5 Å². The molecule has 0 radical (unpaired) electrons. The highest BCUT2D eigenvalue weighted by Crippen LogP contribution is 2.31. The molecule has 5 aromatic rings. The molecule has 1 aliphatic rings.